The van der Waals surface area contributed by atoms with Crippen LogP contribution in [0, 0.1) is 76.2 Å². The number of aryl methyl sites for hydroxylation is 11. The van der Waals surface area contributed by atoms with Gasteiger partial charge in [0.15, 0.2) is 0 Å². The first kappa shape index (κ1) is 92.6. The molecule has 10 aromatic heterocycles. The molecular weight excluding hydrogens is 1270 g/mol. The first-order chi connectivity index (χ1) is 50.3. The van der Waals surface area contributed by atoms with Crippen LogP contribution in [0.3, 0.4) is 0 Å². The molecule has 1 atom stereocenters. The third-order valence-electron chi connectivity index (χ3n) is 17.2. The highest BCUT2D eigenvalue weighted by Gasteiger charge is 2.18. The van der Waals surface area contributed by atoms with Crippen molar-refractivity contribution in [2.24, 2.45) is 4.99 Å². The van der Waals surface area contributed by atoms with Crippen LogP contribution in [0.2, 0.25) is 0 Å². The number of fused-ring (bicyclic) bond motifs is 8. The molecule has 0 saturated heterocycles. The monoisotopic (exact) mass is 1400 g/mol. The summed E-state index contributed by atoms with van der Waals surface area (Å²) in [5.41, 5.74) is 37.1. The summed E-state index contributed by atoms with van der Waals surface area (Å²) in [6.45, 7) is 65.9. The van der Waals surface area contributed by atoms with Gasteiger partial charge in [-0.15, -0.1) is 0 Å². The highest BCUT2D eigenvalue weighted by molar-refractivity contribution is 5.85. The maximum absolute atomic E-state index is 4.32. The summed E-state index contributed by atoms with van der Waals surface area (Å²) in [6, 6.07) is 23.6. The summed E-state index contributed by atoms with van der Waals surface area (Å²) < 4.78 is 6.30. The normalized spacial score (nSPS) is 12.2. The fraction of sp³-hybridized carbons (Fsp3) is 0.394. The highest BCUT2D eigenvalue weighted by atomic mass is 14.9. The first-order valence-corrected chi connectivity index (χ1v) is 38.7. The number of aromatic nitrogens is 9. The van der Waals surface area contributed by atoms with Gasteiger partial charge in [0.05, 0.1) is 40.3 Å². The van der Waals surface area contributed by atoms with Gasteiger partial charge in [0.25, 0.3) is 0 Å². The lowest BCUT2D eigenvalue weighted by molar-refractivity contribution is 0.825. The topological polar surface area (TPSA) is 103 Å². The van der Waals surface area contributed by atoms with E-state index in [1.54, 1.807) is 0 Å². The Kier molecular flexibility index (Phi) is 44.6. The molecule has 1 aromatic carbocycles. The van der Waals surface area contributed by atoms with Crippen molar-refractivity contribution in [1.29, 1.82) is 0 Å². The number of allylic oxidation sites excluding steroid dienone is 8. The van der Waals surface area contributed by atoms with Crippen LogP contribution in [0.4, 0.5) is 0 Å². The Balaban J connectivity index is 0.000000578. The van der Waals surface area contributed by atoms with Gasteiger partial charge in [-0.05, 0) is 267 Å². The average molecular weight is 1400 g/mol. The first-order valence-electron chi connectivity index (χ1n) is 38.7. The second-order valence-electron chi connectivity index (χ2n) is 23.7. The number of rotatable bonds is 0. The molecule has 560 valence electrons. The van der Waals surface area contributed by atoms with Gasteiger partial charge in [-0.25, -0.2) is 4.98 Å². The van der Waals surface area contributed by atoms with Crippen LogP contribution in [0.5, 0.6) is 0 Å². The van der Waals surface area contributed by atoms with Gasteiger partial charge < -0.3 is 13.2 Å². The van der Waals surface area contributed by atoms with Crippen LogP contribution in [-0.2, 0) is 25.7 Å². The summed E-state index contributed by atoms with van der Waals surface area (Å²) >= 11 is 0. The summed E-state index contributed by atoms with van der Waals surface area (Å²) in [6.07, 6.45) is 40.6. The van der Waals surface area contributed by atoms with Crippen molar-refractivity contribution in [3.05, 3.63) is 289 Å². The minimum Gasteiger partial charge on any atom is -0.323 e. The molecule has 11 heterocycles. The molecule has 16 rings (SSSR count). The fourth-order valence-electron chi connectivity index (χ4n) is 12.8. The SMILES string of the molecule is CC.CC.CC.CC.CC.CC.CC.CC.CC1=CCc2cccc(C)c21.CC1=CCc2ccnc(C)c21.CC1=CCc2cncc(C)c21.CC1=CCc2nccc(C)c21.Cc1cccn2ccc(C)c12.Cc1ccn2ccnc(C)c12.Cc1ccn2cncc(C)c12.Cc1nccc2c1C(C)N=C2. The van der Waals surface area contributed by atoms with E-state index >= 15 is 0 Å². The van der Waals surface area contributed by atoms with Gasteiger partial charge in [0, 0.05) is 121 Å². The van der Waals surface area contributed by atoms with E-state index < -0.39 is 0 Å². The summed E-state index contributed by atoms with van der Waals surface area (Å²) in [5.74, 6) is 0. The Hall–Kier alpha value is -9.41. The number of benzene rings is 1. The zero-order valence-electron chi connectivity index (χ0n) is 70.6. The Morgan fingerprint density at radius 1 is 0.317 bits per heavy atom. The average Bonchev–Trinajstić information content (AvgIpc) is 1.75. The number of aliphatic imine (C=N–C) groups is 1. The second-order valence-corrected chi connectivity index (χ2v) is 23.7. The number of hydrogen-bond acceptors (Lipinski definition) is 7. The van der Waals surface area contributed by atoms with Crippen molar-refractivity contribution in [2.45, 2.75) is 253 Å². The summed E-state index contributed by atoms with van der Waals surface area (Å²) in [5, 5.41) is 0. The van der Waals surface area contributed by atoms with Crippen molar-refractivity contribution >= 4 is 45.1 Å². The molecule has 10 nitrogen and oxygen atoms in total. The van der Waals surface area contributed by atoms with Crippen LogP contribution < -0.4 is 0 Å². The fourth-order valence-corrected chi connectivity index (χ4v) is 12.8. The molecule has 0 saturated carbocycles. The van der Waals surface area contributed by atoms with Gasteiger partial charge in [-0.1, -0.05) is 159 Å². The van der Waals surface area contributed by atoms with Crippen LogP contribution in [0.1, 0.15) is 269 Å². The lowest BCUT2D eigenvalue weighted by Crippen LogP contribution is -1.94. The van der Waals surface area contributed by atoms with Crippen LogP contribution in [0.25, 0.3) is 38.8 Å². The predicted molar refractivity (Wildman–Crippen MR) is 459 cm³/mol. The van der Waals surface area contributed by atoms with Crippen LogP contribution >= 0.6 is 0 Å². The molecule has 1 unspecified atom stereocenters. The third-order valence-corrected chi connectivity index (χ3v) is 17.2. The van der Waals surface area contributed by atoms with Crippen molar-refractivity contribution in [1.82, 2.24) is 43.1 Å². The number of hydrogen-bond donors (Lipinski definition) is 0. The molecule has 0 fully saturated rings. The molecule has 4 aliphatic carbocycles. The highest BCUT2D eigenvalue weighted by Crippen LogP contribution is 2.32. The zero-order chi connectivity index (χ0) is 78.8. The van der Waals surface area contributed by atoms with E-state index in [1.807, 2.05) is 203 Å². The Labute approximate surface area is 631 Å². The Morgan fingerprint density at radius 2 is 0.760 bits per heavy atom. The molecular formula is C94H134N10. The van der Waals surface area contributed by atoms with Gasteiger partial charge in [0.1, 0.15) is 0 Å². The summed E-state index contributed by atoms with van der Waals surface area (Å²) in [7, 11) is 0. The van der Waals surface area contributed by atoms with Crippen molar-refractivity contribution in [3.8, 4) is 0 Å². The smallest absolute Gasteiger partial charge is 0.0990 e. The Morgan fingerprint density at radius 3 is 1.30 bits per heavy atom. The predicted octanol–water partition coefficient (Wildman–Crippen LogP) is 26.6. The van der Waals surface area contributed by atoms with Gasteiger partial charge in [0.2, 0.25) is 0 Å². The molecule has 0 bridgehead atoms. The molecule has 0 N–H and O–H groups in total. The molecule has 10 heteroatoms. The largest absolute Gasteiger partial charge is 0.323 e. The number of nitrogens with zero attached hydrogens (tertiary/aromatic N) is 10. The maximum atomic E-state index is 4.32. The van der Waals surface area contributed by atoms with E-state index in [1.165, 1.54) is 139 Å². The zero-order valence-corrected chi connectivity index (χ0v) is 70.6. The standard InChI is InChI=1S/C11H12.4C10H11N.3C9H10N2.8C2H6/c1-8-4-3-5-10-7-6-9(2)11(8)10;1-7-3-4-9-6-11-5-8(2)10(7)9;1-7-3-4-9-5-6-11-8(2)10(7)9;1-7-3-4-9-10(7)8(2)5-6-11-9;1-8-4-3-6-11-7-5-9(2)10(8)11;1-7-3-5-11-6-4-10-8(2)9(7)11;1-7-3-4-11-6-10-5-8(2)9(7)11;1-6-9-7(2)11-5-8(9)3-4-10-6;8*1-2/h3-6H,7H2,1-2H3;3*3,5-6H,4H2,1-2H3;3-7H,1-2H3;2*3-6H,1-2H3;3-5,7H,1-2H3;8*1-2H3. The van der Waals surface area contributed by atoms with E-state index in [-0.39, 0.29) is 0 Å². The minimum absolute atomic E-state index is 0.304. The van der Waals surface area contributed by atoms with E-state index in [0.29, 0.717) is 6.04 Å². The molecule has 0 spiro atoms. The lowest BCUT2D eigenvalue weighted by Gasteiger charge is -2.04. The van der Waals surface area contributed by atoms with Gasteiger partial charge in [-0.2, -0.15) is 0 Å². The molecule has 1 aliphatic heterocycles. The third kappa shape index (κ3) is 25.5. The van der Waals surface area contributed by atoms with Crippen molar-refractivity contribution in [3.63, 3.8) is 0 Å². The summed E-state index contributed by atoms with van der Waals surface area (Å²) in [4.78, 5) is 29.6. The van der Waals surface area contributed by atoms with E-state index in [0.717, 1.165) is 42.8 Å². The molecule has 104 heavy (non-hydrogen) atoms. The number of pyridine rings is 5. The molecule has 0 amide bonds. The van der Waals surface area contributed by atoms with Gasteiger partial charge in [-0.3, -0.25) is 29.9 Å². The van der Waals surface area contributed by atoms with Crippen molar-refractivity contribution in [2.75, 3.05) is 0 Å². The second kappa shape index (κ2) is 50.1. The molecule has 0 radical (unpaired) electrons. The van der Waals surface area contributed by atoms with E-state index in [4.69, 9.17) is 0 Å². The minimum atomic E-state index is 0.304. The quantitative estimate of drug-likeness (QED) is 0.150. The molecule has 11 aromatic rings. The van der Waals surface area contributed by atoms with Crippen LogP contribution in [-0.4, -0.2) is 49.3 Å². The van der Waals surface area contributed by atoms with E-state index in [9.17, 15) is 0 Å². The Bertz CT molecular complexity index is 4020. The van der Waals surface area contributed by atoms with E-state index in [2.05, 4.69) is 244 Å². The van der Waals surface area contributed by atoms with Crippen molar-refractivity contribution < 1.29 is 0 Å². The molecule has 5 aliphatic rings. The van der Waals surface area contributed by atoms with Gasteiger partial charge >= 0.3 is 0 Å². The maximum Gasteiger partial charge on any atom is 0.0990 e. The lowest BCUT2D eigenvalue weighted by atomic mass is 10.0. The van der Waals surface area contributed by atoms with Crippen LogP contribution in [0.15, 0.2) is 177 Å².